The Morgan fingerprint density at radius 3 is 2.79 bits per heavy atom. The van der Waals surface area contributed by atoms with Crippen LogP contribution in [0.25, 0.3) is 0 Å². The van der Waals surface area contributed by atoms with Gasteiger partial charge in [0.25, 0.3) is 5.56 Å². The maximum absolute atomic E-state index is 13.3. The molecular formula is C25H24N4O4. The zero-order valence-electron chi connectivity index (χ0n) is 18.6. The van der Waals surface area contributed by atoms with Crippen molar-refractivity contribution in [3.63, 3.8) is 0 Å². The van der Waals surface area contributed by atoms with Crippen LogP contribution in [0.3, 0.4) is 0 Å². The number of aryl methyl sites for hydroxylation is 1. The summed E-state index contributed by atoms with van der Waals surface area (Å²) in [6.07, 6.45) is 7.58. The van der Waals surface area contributed by atoms with Gasteiger partial charge >= 0.3 is 0 Å². The number of H-pyrrole nitrogens is 1. The molecule has 33 heavy (non-hydrogen) atoms. The van der Waals surface area contributed by atoms with Gasteiger partial charge in [-0.05, 0) is 37.1 Å². The fraction of sp³-hybridized carbons (Fsp3) is 0.320. The largest absolute Gasteiger partial charge is 0.497 e. The van der Waals surface area contributed by atoms with E-state index in [9.17, 15) is 9.90 Å². The Morgan fingerprint density at radius 2 is 2.12 bits per heavy atom. The first-order valence-electron chi connectivity index (χ1n) is 10.8. The fourth-order valence-corrected chi connectivity index (χ4v) is 5.25. The van der Waals surface area contributed by atoms with Crippen molar-refractivity contribution in [1.29, 1.82) is 0 Å². The van der Waals surface area contributed by atoms with Gasteiger partial charge in [0, 0.05) is 17.7 Å². The van der Waals surface area contributed by atoms with Gasteiger partial charge in [-0.1, -0.05) is 25.0 Å². The number of aliphatic hydroxyl groups is 1. The molecule has 1 aliphatic heterocycles. The van der Waals surface area contributed by atoms with E-state index in [-0.39, 0.29) is 23.7 Å². The van der Waals surface area contributed by atoms with Crippen molar-refractivity contribution in [3.05, 3.63) is 74.8 Å². The SMILES string of the molecule is C#CCNc1nc2c(c(=O)[nH]1)[C@@H](CC)[C@]1(c3ccc(OC)cc3)Oc3ncc(C)cc3[C@]21O. The molecule has 168 valence electrons. The lowest BCUT2D eigenvalue weighted by Gasteiger charge is -2.39. The summed E-state index contributed by atoms with van der Waals surface area (Å²) in [6.45, 7) is 4.03. The number of aromatic amines is 1. The highest BCUT2D eigenvalue weighted by Gasteiger charge is 2.72. The summed E-state index contributed by atoms with van der Waals surface area (Å²) in [6, 6.07) is 9.16. The molecule has 5 rings (SSSR count). The van der Waals surface area contributed by atoms with Gasteiger partial charge in [-0.3, -0.25) is 9.78 Å². The third kappa shape index (κ3) is 2.66. The van der Waals surface area contributed by atoms with Crippen molar-refractivity contribution < 1.29 is 14.6 Å². The molecular weight excluding hydrogens is 420 g/mol. The minimum Gasteiger partial charge on any atom is -0.497 e. The maximum Gasteiger partial charge on any atom is 0.256 e. The number of benzene rings is 1. The number of terminal acetylenes is 1. The van der Waals surface area contributed by atoms with Crippen LogP contribution in [0, 0.1) is 19.3 Å². The Hall–Kier alpha value is -3.83. The van der Waals surface area contributed by atoms with Gasteiger partial charge in [0.1, 0.15) is 5.75 Å². The number of hydrogen-bond donors (Lipinski definition) is 3. The van der Waals surface area contributed by atoms with Crippen molar-refractivity contribution in [2.75, 3.05) is 19.0 Å². The summed E-state index contributed by atoms with van der Waals surface area (Å²) in [5.41, 5.74) is -0.729. The number of nitrogens with one attached hydrogen (secondary N) is 2. The topological polar surface area (TPSA) is 109 Å². The predicted molar refractivity (Wildman–Crippen MR) is 122 cm³/mol. The lowest BCUT2D eigenvalue weighted by atomic mass is 9.71. The summed E-state index contributed by atoms with van der Waals surface area (Å²) >= 11 is 0. The zero-order valence-corrected chi connectivity index (χ0v) is 18.6. The van der Waals surface area contributed by atoms with E-state index in [2.05, 4.69) is 26.2 Å². The minimum atomic E-state index is -1.74. The Bertz CT molecular complexity index is 1340. The number of hydrogen-bond acceptors (Lipinski definition) is 7. The van der Waals surface area contributed by atoms with Crippen LogP contribution in [-0.2, 0) is 11.2 Å². The molecule has 3 aromatic rings. The number of anilines is 1. The number of fused-ring (bicyclic) bond motifs is 5. The predicted octanol–water partition coefficient (Wildman–Crippen LogP) is 2.56. The standard InChI is InChI=1S/C25H24N4O4/c1-5-11-26-23-28-20-19(21(30)29-23)17(6-2)25(15-7-9-16(32-4)10-8-15)24(20,31)18-12-14(3)13-27-22(18)33-25/h1,7-10,12-13,17,31H,6,11H2,2-4H3,(H2,26,28,29,30)/t17-,24+,25+/m1/s1. The normalized spacial score (nSPS) is 24.3. The second-order valence-electron chi connectivity index (χ2n) is 8.34. The van der Waals surface area contributed by atoms with Gasteiger partial charge in [0.05, 0.1) is 30.5 Å². The number of rotatable bonds is 5. The Labute approximate surface area is 191 Å². The third-order valence-electron chi connectivity index (χ3n) is 6.59. The number of pyridine rings is 1. The third-order valence-corrected chi connectivity index (χ3v) is 6.59. The van der Waals surface area contributed by atoms with E-state index in [1.807, 2.05) is 44.2 Å². The number of methoxy groups -OCH3 is 1. The van der Waals surface area contributed by atoms with Crippen molar-refractivity contribution in [1.82, 2.24) is 15.0 Å². The van der Waals surface area contributed by atoms with Gasteiger partial charge in [0.2, 0.25) is 11.8 Å². The van der Waals surface area contributed by atoms with Crippen LogP contribution in [0.4, 0.5) is 5.95 Å². The van der Waals surface area contributed by atoms with Gasteiger partial charge in [0.15, 0.2) is 11.2 Å². The summed E-state index contributed by atoms with van der Waals surface area (Å²) in [5.74, 6) is 3.16. The molecule has 1 aliphatic carbocycles. The molecule has 0 spiro atoms. The van der Waals surface area contributed by atoms with Crippen molar-refractivity contribution >= 4 is 5.95 Å². The lowest BCUT2D eigenvalue weighted by Crippen LogP contribution is -2.49. The average molecular weight is 444 g/mol. The average Bonchev–Trinajstić information content (AvgIpc) is 3.21. The molecule has 2 aromatic heterocycles. The molecule has 8 nitrogen and oxygen atoms in total. The molecule has 2 aliphatic rings. The maximum atomic E-state index is 13.3. The first-order chi connectivity index (χ1) is 15.9. The van der Waals surface area contributed by atoms with E-state index < -0.39 is 17.1 Å². The Morgan fingerprint density at radius 1 is 1.36 bits per heavy atom. The highest BCUT2D eigenvalue weighted by atomic mass is 16.5. The van der Waals surface area contributed by atoms with Gasteiger partial charge < -0.3 is 19.9 Å². The molecule has 0 radical (unpaired) electrons. The van der Waals surface area contributed by atoms with Crippen LogP contribution in [-0.4, -0.2) is 33.7 Å². The zero-order chi connectivity index (χ0) is 23.4. The second-order valence-corrected chi connectivity index (χ2v) is 8.34. The van der Waals surface area contributed by atoms with Crippen molar-refractivity contribution in [2.24, 2.45) is 0 Å². The highest BCUT2D eigenvalue weighted by Crippen LogP contribution is 2.66. The first kappa shape index (κ1) is 21.0. The molecule has 3 heterocycles. The van der Waals surface area contributed by atoms with E-state index >= 15 is 0 Å². The molecule has 0 bridgehead atoms. The van der Waals surface area contributed by atoms with Gasteiger partial charge in [-0.25, -0.2) is 9.97 Å². The molecule has 1 aromatic carbocycles. The molecule has 0 unspecified atom stereocenters. The second kappa shape index (κ2) is 7.36. The van der Waals surface area contributed by atoms with Crippen LogP contribution in [0.5, 0.6) is 11.6 Å². The van der Waals surface area contributed by atoms with Crippen LogP contribution in [0.2, 0.25) is 0 Å². The van der Waals surface area contributed by atoms with E-state index in [1.165, 1.54) is 0 Å². The first-order valence-corrected chi connectivity index (χ1v) is 10.8. The molecule has 3 atom stereocenters. The molecule has 3 N–H and O–H groups in total. The minimum absolute atomic E-state index is 0.175. The smallest absolute Gasteiger partial charge is 0.256 e. The summed E-state index contributed by atoms with van der Waals surface area (Å²) in [4.78, 5) is 25.2. The Kier molecular flexibility index (Phi) is 4.69. The molecule has 0 fully saturated rings. The van der Waals surface area contributed by atoms with E-state index in [0.717, 1.165) is 5.56 Å². The summed E-state index contributed by atoms with van der Waals surface area (Å²) < 4.78 is 11.9. The van der Waals surface area contributed by atoms with Crippen molar-refractivity contribution in [2.45, 2.75) is 37.4 Å². The van der Waals surface area contributed by atoms with E-state index in [1.54, 1.807) is 13.3 Å². The highest BCUT2D eigenvalue weighted by molar-refractivity contribution is 5.61. The number of ether oxygens (including phenoxy) is 2. The van der Waals surface area contributed by atoms with Crippen LogP contribution in [0.15, 0.2) is 41.3 Å². The van der Waals surface area contributed by atoms with Gasteiger partial charge in [-0.15, -0.1) is 6.42 Å². The monoisotopic (exact) mass is 444 g/mol. The van der Waals surface area contributed by atoms with Crippen LogP contribution >= 0.6 is 0 Å². The number of nitrogens with zero attached hydrogens (tertiary/aromatic N) is 2. The summed E-state index contributed by atoms with van der Waals surface area (Å²) in [7, 11) is 1.59. The Balaban J connectivity index is 1.85. The van der Waals surface area contributed by atoms with E-state index in [0.29, 0.717) is 34.7 Å². The lowest BCUT2D eigenvalue weighted by molar-refractivity contribution is -0.0983. The number of aromatic nitrogens is 3. The summed E-state index contributed by atoms with van der Waals surface area (Å²) in [5, 5.41) is 15.5. The van der Waals surface area contributed by atoms with Gasteiger partial charge in [-0.2, -0.15) is 0 Å². The fourth-order valence-electron chi connectivity index (χ4n) is 5.25. The van der Waals surface area contributed by atoms with Crippen LogP contribution in [0.1, 0.15) is 47.2 Å². The van der Waals surface area contributed by atoms with Crippen molar-refractivity contribution in [3.8, 4) is 24.0 Å². The molecule has 0 saturated heterocycles. The van der Waals surface area contributed by atoms with E-state index in [4.69, 9.17) is 15.9 Å². The molecule has 0 amide bonds. The van der Waals surface area contributed by atoms with Crippen LogP contribution < -0.4 is 20.3 Å². The molecule has 0 saturated carbocycles. The quantitative estimate of drug-likeness (QED) is 0.519. The molecule has 8 heteroatoms.